The lowest BCUT2D eigenvalue weighted by molar-refractivity contribution is -0.341. The second kappa shape index (κ2) is 16.5. The number of aliphatic hydroxyl groups is 2. The molecule has 0 radical (unpaired) electrons. The highest BCUT2D eigenvalue weighted by molar-refractivity contribution is 5.96. The van der Waals surface area contributed by atoms with Gasteiger partial charge in [0.15, 0.2) is 23.6 Å². The van der Waals surface area contributed by atoms with Gasteiger partial charge in [-0.1, -0.05) is 80.6 Å². The van der Waals surface area contributed by atoms with Gasteiger partial charge in [-0.25, -0.2) is 14.0 Å². The number of hydrogen-bond acceptors (Lipinski definition) is 13. The first-order valence-corrected chi connectivity index (χ1v) is 20.4. The highest BCUT2D eigenvalue weighted by atomic mass is 19.1. The van der Waals surface area contributed by atoms with Crippen molar-refractivity contribution in [2.45, 2.75) is 108 Å². The van der Waals surface area contributed by atoms with Crippen molar-refractivity contribution in [2.24, 2.45) is 16.7 Å². The summed E-state index contributed by atoms with van der Waals surface area (Å²) in [5.74, 6) is -7.24. The Morgan fingerprint density at radius 2 is 1.42 bits per heavy atom. The number of esters is 4. The van der Waals surface area contributed by atoms with Crippen molar-refractivity contribution in [1.29, 1.82) is 0 Å². The Hall–Kier alpha value is -5.77. The third-order valence-electron chi connectivity index (χ3n) is 13.4. The minimum absolute atomic E-state index is 0.0377. The van der Waals surface area contributed by atoms with E-state index in [0.29, 0.717) is 5.56 Å². The maximum absolute atomic E-state index is 17.2. The van der Waals surface area contributed by atoms with Gasteiger partial charge in [0.2, 0.25) is 0 Å². The minimum atomic E-state index is -2.45. The molecule has 3 aliphatic carbocycles. The van der Waals surface area contributed by atoms with Crippen molar-refractivity contribution in [3.05, 3.63) is 119 Å². The molecule has 2 unspecified atom stereocenters. The van der Waals surface area contributed by atoms with Crippen molar-refractivity contribution in [3.8, 4) is 0 Å². The number of amides is 1. The van der Waals surface area contributed by atoms with Gasteiger partial charge in [0.05, 0.1) is 29.5 Å². The molecule has 7 rings (SSSR count). The average Bonchev–Trinajstić information content (AvgIpc) is 3.24. The van der Waals surface area contributed by atoms with E-state index in [-0.39, 0.29) is 28.9 Å². The van der Waals surface area contributed by atoms with Crippen molar-refractivity contribution in [1.82, 2.24) is 5.32 Å². The molecule has 1 aliphatic heterocycles. The summed E-state index contributed by atoms with van der Waals surface area (Å²) >= 11 is 0. The van der Waals surface area contributed by atoms with Gasteiger partial charge < -0.3 is 39.2 Å². The van der Waals surface area contributed by atoms with Crippen molar-refractivity contribution in [3.63, 3.8) is 0 Å². The molecule has 0 aromatic heterocycles. The smallest absolute Gasteiger partial charge is 0.338 e. The highest BCUT2D eigenvalue weighted by Crippen LogP contribution is 2.65. The van der Waals surface area contributed by atoms with Crippen molar-refractivity contribution < 1.29 is 67.1 Å². The van der Waals surface area contributed by atoms with Crippen LogP contribution in [0, 0.1) is 16.7 Å². The summed E-state index contributed by atoms with van der Waals surface area (Å²) in [6.45, 7) is 7.64. The number of ketones is 1. The molecule has 14 nitrogen and oxygen atoms in total. The monoisotopic (exact) mass is 855 g/mol. The largest absolute Gasteiger partial charge is 0.456 e. The molecule has 11 atom stereocenters. The molecular formula is C47H50FNO13. The Labute approximate surface area is 357 Å². The van der Waals surface area contributed by atoms with Gasteiger partial charge in [0.25, 0.3) is 5.91 Å². The first-order valence-electron chi connectivity index (χ1n) is 20.4. The van der Waals surface area contributed by atoms with Crippen LogP contribution in [0.1, 0.15) is 86.7 Å². The van der Waals surface area contributed by atoms with Crippen LogP contribution in [0.15, 0.2) is 102 Å². The standard InChI is InChI=1S/C47H50FNO13/c1-25-31(60-43(56)36(52)35(28-16-10-7-11-17-28)49-41(54)29-18-12-8-13-19-29)23-47(57)40(61-42(55)30-20-14-9-15-21-30)38-45(6,32(48)22-33-46(38,24-58-33)62-27(3)51)39(53)37(59-26(2)50)34(25)44(47,4)5/h7-21,31-33,35-38,40,52,57H,22-24H2,1-6H3,(H,49,54)/t31-,32+,33+,35-,36+,37+,38?,40?,45+,46-,47+/m0/s1. The molecule has 3 aromatic rings. The number of carbonyl (C=O) groups is 6. The van der Waals surface area contributed by atoms with E-state index in [1.54, 1.807) is 78.9 Å². The molecular weight excluding hydrogens is 806 g/mol. The lowest BCUT2D eigenvalue weighted by Gasteiger charge is -2.67. The van der Waals surface area contributed by atoms with E-state index < -0.39 is 119 Å². The Kier molecular flexibility index (Phi) is 11.8. The number of fused-ring (bicyclic) bond motifs is 5. The number of benzene rings is 3. The Morgan fingerprint density at radius 3 is 1.97 bits per heavy atom. The van der Waals surface area contributed by atoms with E-state index >= 15 is 9.18 Å². The van der Waals surface area contributed by atoms with Crippen molar-refractivity contribution >= 4 is 35.6 Å². The zero-order chi connectivity index (χ0) is 44.9. The van der Waals surface area contributed by atoms with Crippen LogP contribution in [0.3, 0.4) is 0 Å². The number of ether oxygens (including phenoxy) is 5. The SMILES string of the molecule is CC(=O)O[C@H]1C(=O)[C@@]2(C)C(C(OC(=O)c3ccccc3)[C@]3(O)C[C@H](OC(=O)[C@H](O)[C@@H](NC(=O)c4ccccc4)c4ccccc4)C(C)=C1C3(C)C)[C@]1(OC(C)=O)CO[C@@H]1C[C@H]2F. The minimum Gasteiger partial charge on any atom is -0.456 e. The van der Waals surface area contributed by atoms with Crippen LogP contribution < -0.4 is 5.32 Å². The van der Waals surface area contributed by atoms with E-state index in [1.165, 1.54) is 39.8 Å². The van der Waals surface area contributed by atoms with Crippen LogP contribution in [0.25, 0.3) is 0 Å². The molecule has 4 aliphatic rings. The fourth-order valence-electron chi connectivity index (χ4n) is 10.1. The predicted molar refractivity (Wildman–Crippen MR) is 217 cm³/mol. The summed E-state index contributed by atoms with van der Waals surface area (Å²) in [5.41, 5.74) is -7.57. The summed E-state index contributed by atoms with van der Waals surface area (Å²) in [5, 5.41) is 28.1. The van der Waals surface area contributed by atoms with E-state index in [4.69, 9.17) is 23.7 Å². The zero-order valence-electron chi connectivity index (χ0n) is 35.2. The zero-order valence-corrected chi connectivity index (χ0v) is 35.2. The summed E-state index contributed by atoms with van der Waals surface area (Å²) in [7, 11) is 0. The van der Waals surface area contributed by atoms with Gasteiger partial charge in [-0.05, 0) is 54.8 Å². The quantitative estimate of drug-likeness (QED) is 0.144. The lowest BCUT2D eigenvalue weighted by atomic mass is 9.45. The molecule has 328 valence electrons. The molecule has 2 saturated carbocycles. The van der Waals surface area contributed by atoms with Crippen LogP contribution in [0.5, 0.6) is 0 Å². The van der Waals surface area contributed by atoms with Gasteiger partial charge >= 0.3 is 23.9 Å². The number of carbonyl (C=O) groups excluding carboxylic acids is 6. The number of halogens is 1. The normalized spacial score (nSPS) is 31.9. The Balaban J connectivity index is 1.39. The van der Waals surface area contributed by atoms with Gasteiger partial charge in [-0.15, -0.1) is 0 Å². The molecule has 62 heavy (non-hydrogen) atoms. The lowest BCUT2D eigenvalue weighted by Crippen LogP contribution is -2.81. The number of aliphatic hydroxyl groups excluding tert-OH is 1. The first-order chi connectivity index (χ1) is 29.3. The van der Waals surface area contributed by atoms with Gasteiger partial charge in [-0.2, -0.15) is 0 Å². The summed E-state index contributed by atoms with van der Waals surface area (Å²) in [6, 6.07) is 22.7. The number of rotatable bonds is 10. The van der Waals surface area contributed by atoms with Crippen molar-refractivity contribution in [2.75, 3.05) is 6.61 Å². The maximum atomic E-state index is 17.2. The Morgan fingerprint density at radius 1 is 0.839 bits per heavy atom. The van der Waals surface area contributed by atoms with Crippen LogP contribution in [-0.2, 0) is 42.9 Å². The second-order valence-electron chi connectivity index (χ2n) is 17.3. The van der Waals surface area contributed by atoms with Crippen LogP contribution in [0.4, 0.5) is 4.39 Å². The molecule has 1 saturated heterocycles. The fourth-order valence-corrected chi connectivity index (χ4v) is 10.1. The maximum Gasteiger partial charge on any atom is 0.338 e. The molecule has 3 fully saturated rings. The van der Waals surface area contributed by atoms with E-state index in [1.807, 2.05) is 0 Å². The van der Waals surface area contributed by atoms with Crippen LogP contribution >= 0.6 is 0 Å². The summed E-state index contributed by atoms with van der Waals surface area (Å²) in [6.07, 6.45) is -11.6. The van der Waals surface area contributed by atoms with Gasteiger partial charge in [0.1, 0.15) is 30.1 Å². The topological polar surface area (TPSA) is 201 Å². The molecule has 3 aromatic carbocycles. The molecule has 1 amide bonds. The van der Waals surface area contributed by atoms with Crippen LogP contribution in [-0.4, -0.2) is 100 Å². The number of Topliss-reactive ketones (excluding diaryl/α,β-unsaturated/α-hetero) is 1. The summed E-state index contributed by atoms with van der Waals surface area (Å²) in [4.78, 5) is 83.3. The second-order valence-corrected chi connectivity index (χ2v) is 17.3. The third kappa shape index (κ3) is 7.29. The average molecular weight is 856 g/mol. The van der Waals surface area contributed by atoms with Gasteiger partial charge in [0, 0.05) is 37.7 Å². The van der Waals surface area contributed by atoms with E-state index in [2.05, 4.69) is 5.32 Å². The number of hydrogen-bond donors (Lipinski definition) is 3. The number of nitrogens with one attached hydrogen (secondary N) is 1. The highest BCUT2D eigenvalue weighted by Gasteiger charge is 2.78. The fraction of sp³-hybridized carbons (Fsp3) is 0.447. The predicted octanol–water partition coefficient (Wildman–Crippen LogP) is 4.71. The van der Waals surface area contributed by atoms with Gasteiger partial charge in [-0.3, -0.25) is 19.2 Å². The van der Waals surface area contributed by atoms with E-state index in [0.717, 1.165) is 13.8 Å². The Bertz CT molecular complexity index is 2290. The first kappa shape index (κ1) is 44.3. The third-order valence-corrected chi connectivity index (χ3v) is 13.4. The van der Waals surface area contributed by atoms with E-state index in [9.17, 15) is 34.2 Å². The molecule has 2 bridgehead atoms. The summed E-state index contributed by atoms with van der Waals surface area (Å²) < 4.78 is 47.2. The molecule has 15 heteroatoms. The number of alkyl halides is 1. The molecule has 3 N–H and O–H groups in total. The van der Waals surface area contributed by atoms with Crippen LogP contribution in [0.2, 0.25) is 0 Å². The molecule has 0 spiro atoms. The molecule has 1 heterocycles.